The van der Waals surface area contributed by atoms with E-state index in [2.05, 4.69) is 52.1 Å². The van der Waals surface area contributed by atoms with E-state index in [-0.39, 0.29) is 0 Å². The average Bonchev–Trinajstić information content (AvgIpc) is 2.30. The Kier molecular flexibility index (Phi) is 4.42. The normalized spacial score (nSPS) is 17.9. The molecule has 1 aliphatic carbocycles. The minimum atomic E-state index is 0.799. The molecule has 0 bridgehead atoms. The Morgan fingerprint density at radius 2 is 2.00 bits per heavy atom. The summed E-state index contributed by atoms with van der Waals surface area (Å²) in [6.07, 6.45) is 7.01. The first-order chi connectivity index (χ1) is 7.75. The molecule has 0 atom stereocenters. The molecule has 0 spiro atoms. The van der Waals surface area contributed by atoms with Crippen LogP contribution in [-0.2, 0) is 6.54 Å². The fraction of sp³-hybridized carbons (Fsp3) is 0.571. The molecule has 1 fully saturated rings. The van der Waals surface area contributed by atoms with Gasteiger partial charge in [-0.25, -0.2) is 0 Å². The molecule has 1 saturated carbocycles. The largest absolute Gasteiger partial charge is 0.299 e. The SMILES string of the molecule is CN(Cc1cccc(Br)c1)C1CCCCC1. The molecule has 1 aliphatic rings. The molecule has 0 heterocycles. The molecule has 0 radical (unpaired) electrons. The zero-order chi connectivity index (χ0) is 11.4. The van der Waals surface area contributed by atoms with Crippen LogP contribution in [0, 0.1) is 0 Å². The van der Waals surface area contributed by atoms with Crippen molar-refractivity contribution in [3.8, 4) is 0 Å². The molecular weight excluding hydrogens is 262 g/mol. The van der Waals surface area contributed by atoms with Gasteiger partial charge in [-0.3, -0.25) is 4.90 Å². The van der Waals surface area contributed by atoms with Crippen molar-refractivity contribution >= 4 is 15.9 Å². The number of rotatable bonds is 3. The molecule has 16 heavy (non-hydrogen) atoms. The third kappa shape index (κ3) is 3.33. The van der Waals surface area contributed by atoms with Gasteiger partial charge in [0.05, 0.1) is 0 Å². The molecule has 1 aromatic carbocycles. The monoisotopic (exact) mass is 281 g/mol. The van der Waals surface area contributed by atoms with Gasteiger partial charge >= 0.3 is 0 Å². The van der Waals surface area contributed by atoms with Crippen molar-refractivity contribution in [3.05, 3.63) is 34.3 Å². The van der Waals surface area contributed by atoms with Crippen molar-refractivity contribution in [2.45, 2.75) is 44.7 Å². The van der Waals surface area contributed by atoms with Gasteiger partial charge in [-0.2, -0.15) is 0 Å². The lowest BCUT2D eigenvalue weighted by molar-refractivity contribution is 0.184. The average molecular weight is 282 g/mol. The standard InChI is InChI=1S/C14H20BrN/c1-16(14-8-3-2-4-9-14)11-12-6-5-7-13(15)10-12/h5-7,10,14H,2-4,8-9,11H2,1H3. The molecule has 0 aliphatic heterocycles. The van der Waals surface area contributed by atoms with Gasteiger partial charge in [0.25, 0.3) is 0 Å². The molecule has 1 aromatic rings. The van der Waals surface area contributed by atoms with Gasteiger partial charge in [0.15, 0.2) is 0 Å². The van der Waals surface area contributed by atoms with Crippen molar-refractivity contribution in [2.24, 2.45) is 0 Å². The molecular formula is C14H20BrN. The fourth-order valence-electron chi connectivity index (χ4n) is 2.57. The number of halogens is 1. The summed E-state index contributed by atoms with van der Waals surface area (Å²) in [6, 6.07) is 9.44. The lowest BCUT2D eigenvalue weighted by Gasteiger charge is -2.31. The van der Waals surface area contributed by atoms with Crippen LogP contribution < -0.4 is 0 Å². The van der Waals surface area contributed by atoms with E-state index in [1.807, 2.05) is 0 Å². The zero-order valence-corrected chi connectivity index (χ0v) is 11.5. The topological polar surface area (TPSA) is 3.24 Å². The molecule has 1 nitrogen and oxygen atoms in total. The third-order valence-electron chi connectivity index (χ3n) is 3.52. The Morgan fingerprint density at radius 1 is 1.25 bits per heavy atom. The lowest BCUT2D eigenvalue weighted by atomic mass is 9.94. The van der Waals surface area contributed by atoms with Crippen molar-refractivity contribution in [2.75, 3.05) is 7.05 Å². The lowest BCUT2D eigenvalue weighted by Crippen LogP contribution is -2.32. The van der Waals surface area contributed by atoms with Gasteiger partial charge in [0, 0.05) is 17.1 Å². The van der Waals surface area contributed by atoms with Crippen LogP contribution in [-0.4, -0.2) is 18.0 Å². The summed E-state index contributed by atoms with van der Waals surface area (Å²) in [7, 11) is 2.26. The summed E-state index contributed by atoms with van der Waals surface area (Å²) in [5.41, 5.74) is 1.41. The third-order valence-corrected chi connectivity index (χ3v) is 4.01. The summed E-state index contributed by atoms with van der Waals surface area (Å²) in [5.74, 6) is 0. The molecule has 2 rings (SSSR count). The summed E-state index contributed by atoms with van der Waals surface area (Å²) in [4.78, 5) is 2.51. The number of hydrogen-bond acceptors (Lipinski definition) is 1. The van der Waals surface area contributed by atoms with Gasteiger partial charge in [-0.1, -0.05) is 47.3 Å². The van der Waals surface area contributed by atoms with E-state index < -0.39 is 0 Å². The predicted molar refractivity (Wildman–Crippen MR) is 72.5 cm³/mol. The second-order valence-corrected chi connectivity index (χ2v) is 5.75. The highest BCUT2D eigenvalue weighted by molar-refractivity contribution is 9.10. The van der Waals surface area contributed by atoms with Crippen LogP contribution in [0.2, 0.25) is 0 Å². The van der Waals surface area contributed by atoms with E-state index in [1.165, 1.54) is 42.1 Å². The van der Waals surface area contributed by atoms with E-state index in [4.69, 9.17) is 0 Å². The maximum atomic E-state index is 3.53. The quantitative estimate of drug-likeness (QED) is 0.802. The van der Waals surface area contributed by atoms with E-state index in [9.17, 15) is 0 Å². The van der Waals surface area contributed by atoms with Gasteiger partial charge in [0.1, 0.15) is 0 Å². The first kappa shape index (κ1) is 12.1. The smallest absolute Gasteiger partial charge is 0.0234 e. The molecule has 2 heteroatoms. The Bertz CT molecular complexity index is 331. The number of benzene rings is 1. The molecule has 0 aromatic heterocycles. The zero-order valence-electron chi connectivity index (χ0n) is 9.95. The second-order valence-electron chi connectivity index (χ2n) is 4.84. The van der Waals surface area contributed by atoms with Crippen LogP contribution in [0.15, 0.2) is 28.7 Å². The van der Waals surface area contributed by atoms with Crippen LogP contribution in [0.5, 0.6) is 0 Å². The van der Waals surface area contributed by atoms with Crippen LogP contribution >= 0.6 is 15.9 Å². The summed E-state index contributed by atoms with van der Waals surface area (Å²) in [5, 5.41) is 0. The van der Waals surface area contributed by atoms with Gasteiger partial charge in [-0.15, -0.1) is 0 Å². The van der Waals surface area contributed by atoms with E-state index in [1.54, 1.807) is 0 Å². The minimum Gasteiger partial charge on any atom is -0.299 e. The van der Waals surface area contributed by atoms with Gasteiger partial charge < -0.3 is 0 Å². The van der Waals surface area contributed by atoms with Gasteiger partial charge in [-0.05, 0) is 37.6 Å². The van der Waals surface area contributed by atoms with Crippen LogP contribution in [0.3, 0.4) is 0 Å². The Morgan fingerprint density at radius 3 is 2.69 bits per heavy atom. The Hall–Kier alpha value is -0.340. The highest BCUT2D eigenvalue weighted by Gasteiger charge is 2.17. The molecule has 88 valence electrons. The first-order valence-electron chi connectivity index (χ1n) is 6.20. The Labute approximate surface area is 107 Å². The van der Waals surface area contributed by atoms with Crippen molar-refractivity contribution in [1.29, 1.82) is 0 Å². The molecule has 0 N–H and O–H groups in total. The Balaban J connectivity index is 1.93. The number of nitrogens with zero attached hydrogens (tertiary/aromatic N) is 1. The summed E-state index contributed by atoms with van der Waals surface area (Å²) in [6.45, 7) is 1.07. The second kappa shape index (κ2) is 5.83. The highest BCUT2D eigenvalue weighted by Crippen LogP contribution is 2.23. The van der Waals surface area contributed by atoms with Crippen LogP contribution in [0.25, 0.3) is 0 Å². The minimum absolute atomic E-state index is 0.799. The highest BCUT2D eigenvalue weighted by atomic mass is 79.9. The summed E-state index contributed by atoms with van der Waals surface area (Å²) >= 11 is 3.53. The maximum absolute atomic E-state index is 3.53. The maximum Gasteiger partial charge on any atom is 0.0234 e. The van der Waals surface area contributed by atoms with Gasteiger partial charge in [0.2, 0.25) is 0 Å². The molecule has 0 unspecified atom stereocenters. The number of hydrogen-bond donors (Lipinski definition) is 0. The van der Waals surface area contributed by atoms with E-state index >= 15 is 0 Å². The van der Waals surface area contributed by atoms with E-state index in [0.29, 0.717) is 0 Å². The summed E-state index contributed by atoms with van der Waals surface area (Å²) < 4.78 is 1.18. The first-order valence-corrected chi connectivity index (χ1v) is 7.00. The molecule has 0 saturated heterocycles. The predicted octanol–water partition coefficient (Wildman–Crippen LogP) is 4.21. The van der Waals surface area contributed by atoms with Crippen LogP contribution in [0.4, 0.5) is 0 Å². The fourth-order valence-corrected chi connectivity index (χ4v) is 3.02. The van der Waals surface area contributed by atoms with Crippen molar-refractivity contribution in [1.82, 2.24) is 4.90 Å². The van der Waals surface area contributed by atoms with E-state index in [0.717, 1.165) is 12.6 Å². The van der Waals surface area contributed by atoms with Crippen molar-refractivity contribution < 1.29 is 0 Å². The van der Waals surface area contributed by atoms with Crippen LogP contribution in [0.1, 0.15) is 37.7 Å². The van der Waals surface area contributed by atoms with Crippen molar-refractivity contribution in [3.63, 3.8) is 0 Å². The molecule has 0 amide bonds.